The maximum atomic E-state index is 12.4. The molecular formula is C14H30N2O3S. The molecular weight excluding hydrogens is 276 g/mol. The lowest BCUT2D eigenvalue weighted by Gasteiger charge is -2.34. The molecule has 5 nitrogen and oxygen atoms in total. The van der Waals surface area contributed by atoms with E-state index < -0.39 is 9.84 Å². The summed E-state index contributed by atoms with van der Waals surface area (Å²) in [6.07, 6.45) is 1.23. The minimum Gasteiger partial charge on any atom is -0.337 e. The number of rotatable bonds is 8. The number of carbonyl (C=O) groups is 1. The Morgan fingerprint density at radius 2 is 1.50 bits per heavy atom. The van der Waals surface area contributed by atoms with Crippen LogP contribution in [0.25, 0.3) is 0 Å². The van der Waals surface area contributed by atoms with E-state index >= 15 is 0 Å². The summed E-state index contributed by atoms with van der Waals surface area (Å²) in [6, 6.07) is 0.137. The molecule has 20 heavy (non-hydrogen) atoms. The Hall–Kier alpha value is -0.620. The van der Waals surface area contributed by atoms with Gasteiger partial charge < -0.3 is 4.90 Å². The first kappa shape index (κ1) is 19.4. The van der Waals surface area contributed by atoms with E-state index in [1.54, 1.807) is 0 Å². The summed E-state index contributed by atoms with van der Waals surface area (Å²) in [4.78, 5) is 16.2. The van der Waals surface area contributed by atoms with Gasteiger partial charge in [-0.2, -0.15) is 0 Å². The van der Waals surface area contributed by atoms with Gasteiger partial charge >= 0.3 is 0 Å². The van der Waals surface area contributed by atoms with E-state index in [2.05, 4.69) is 0 Å². The summed E-state index contributed by atoms with van der Waals surface area (Å²) in [5, 5.41) is 0. The van der Waals surface area contributed by atoms with Crippen molar-refractivity contribution in [2.45, 2.75) is 59.7 Å². The molecule has 0 bridgehead atoms. The first-order chi connectivity index (χ1) is 8.99. The highest BCUT2D eigenvalue weighted by atomic mass is 32.2. The molecule has 0 saturated heterocycles. The van der Waals surface area contributed by atoms with Gasteiger partial charge in [0.25, 0.3) is 0 Å². The van der Waals surface area contributed by atoms with Crippen molar-refractivity contribution in [2.24, 2.45) is 0 Å². The van der Waals surface area contributed by atoms with Crippen molar-refractivity contribution in [1.82, 2.24) is 9.80 Å². The second kappa shape index (κ2) is 7.98. The molecule has 6 heteroatoms. The average molecular weight is 306 g/mol. The van der Waals surface area contributed by atoms with Crippen LogP contribution in [-0.4, -0.2) is 67.3 Å². The van der Waals surface area contributed by atoms with Crippen molar-refractivity contribution < 1.29 is 13.2 Å². The number of hydrogen-bond acceptors (Lipinski definition) is 4. The first-order valence-electron chi connectivity index (χ1n) is 7.22. The number of hydrogen-bond donors (Lipinski definition) is 0. The van der Waals surface area contributed by atoms with Crippen LogP contribution in [0.2, 0.25) is 0 Å². The van der Waals surface area contributed by atoms with Gasteiger partial charge in [-0.1, -0.05) is 6.92 Å². The Morgan fingerprint density at radius 1 is 1.05 bits per heavy atom. The highest BCUT2D eigenvalue weighted by molar-refractivity contribution is 7.90. The summed E-state index contributed by atoms with van der Waals surface area (Å²) in [6.45, 7) is 12.7. The Kier molecular flexibility index (Phi) is 7.73. The number of nitrogens with zero attached hydrogens (tertiary/aromatic N) is 2. The first-order valence-corrected chi connectivity index (χ1v) is 9.28. The fourth-order valence-electron chi connectivity index (χ4n) is 2.55. The van der Waals surface area contributed by atoms with Crippen molar-refractivity contribution in [3.63, 3.8) is 0 Å². The van der Waals surface area contributed by atoms with Crippen LogP contribution in [0.3, 0.4) is 0 Å². The molecule has 0 fully saturated rings. The van der Waals surface area contributed by atoms with Crippen molar-refractivity contribution in [1.29, 1.82) is 0 Å². The zero-order valence-electron chi connectivity index (χ0n) is 13.9. The molecule has 0 heterocycles. The topological polar surface area (TPSA) is 57.7 Å². The third kappa shape index (κ3) is 6.70. The van der Waals surface area contributed by atoms with Gasteiger partial charge in [0.15, 0.2) is 0 Å². The van der Waals surface area contributed by atoms with Gasteiger partial charge in [-0.3, -0.25) is 9.69 Å². The summed E-state index contributed by atoms with van der Waals surface area (Å²) in [5.74, 6) is 0.134. The maximum absolute atomic E-state index is 12.4. The molecule has 1 atom stereocenters. The van der Waals surface area contributed by atoms with Crippen LogP contribution >= 0.6 is 0 Å². The van der Waals surface area contributed by atoms with Crippen molar-refractivity contribution >= 4 is 15.7 Å². The van der Waals surface area contributed by atoms with Crippen LogP contribution in [0.4, 0.5) is 0 Å². The minimum atomic E-state index is -3.03. The Bertz CT molecular complexity index is 397. The molecule has 0 aromatic heterocycles. The number of sulfone groups is 1. The molecule has 1 amide bonds. The van der Waals surface area contributed by atoms with Crippen LogP contribution in [-0.2, 0) is 14.6 Å². The zero-order valence-corrected chi connectivity index (χ0v) is 14.7. The van der Waals surface area contributed by atoms with E-state index in [1.807, 2.05) is 51.3 Å². The highest BCUT2D eigenvalue weighted by Crippen LogP contribution is 2.09. The molecule has 0 N–H and O–H groups in total. The predicted octanol–water partition coefficient (Wildman–Crippen LogP) is 1.39. The molecule has 0 aliphatic rings. The third-order valence-electron chi connectivity index (χ3n) is 3.31. The van der Waals surface area contributed by atoms with E-state index in [-0.39, 0.29) is 36.3 Å². The smallest absolute Gasteiger partial charge is 0.237 e. The average Bonchev–Trinajstić information content (AvgIpc) is 2.21. The summed E-state index contributed by atoms with van der Waals surface area (Å²) in [5.41, 5.74) is 0. The van der Waals surface area contributed by atoms with Crippen LogP contribution in [0.1, 0.15) is 41.5 Å². The Balaban J connectivity index is 4.82. The fourth-order valence-corrected chi connectivity index (χ4v) is 3.64. The van der Waals surface area contributed by atoms with Crippen LogP contribution < -0.4 is 0 Å². The van der Waals surface area contributed by atoms with Crippen LogP contribution in [0, 0.1) is 0 Å². The van der Waals surface area contributed by atoms with Gasteiger partial charge in [0, 0.05) is 24.4 Å². The molecule has 0 aromatic carbocycles. The van der Waals surface area contributed by atoms with E-state index in [9.17, 15) is 13.2 Å². The lowest BCUT2D eigenvalue weighted by Crippen LogP contribution is -2.49. The minimum absolute atomic E-state index is 0.0530. The third-order valence-corrected chi connectivity index (χ3v) is 4.40. The van der Waals surface area contributed by atoms with E-state index in [4.69, 9.17) is 0 Å². The molecule has 0 radical (unpaired) electrons. The number of carbonyl (C=O) groups excluding carboxylic acids is 1. The Morgan fingerprint density at radius 3 is 1.80 bits per heavy atom. The normalized spacial score (nSPS) is 14.1. The van der Waals surface area contributed by atoms with E-state index in [0.717, 1.165) is 0 Å². The molecule has 0 rings (SSSR count). The standard InChI is InChI=1S/C14H30N2O3S/c1-8-15(13(6)10-20(7,18)19)9-14(17)16(11(2)3)12(4)5/h11-13H,8-10H2,1-7H3. The molecule has 0 spiro atoms. The molecule has 120 valence electrons. The van der Waals surface area contributed by atoms with Crippen molar-refractivity contribution in [3.05, 3.63) is 0 Å². The largest absolute Gasteiger partial charge is 0.337 e. The van der Waals surface area contributed by atoms with Crippen LogP contribution in [0.15, 0.2) is 0 Å². The number of likely N-dealkylation sites (N-methyl/N-ethyl adjacent to an activating group) is 1. The monoisotopic (exact) mass is 306 g/mol. The van der Waals surface area contributed by atoms with Gasteiger partial charge in [-0.15, -0.1) is 0 Å². The molecule has 0 saturated carbocycles. The maximum Gasteiger partial charge on any atom is 0.237 e. The van der Waals surface area contributed by atoms with Crippen molar-refractivity contribution in [2.75, 3.05) is 25.1 Å². The number of amides is 1. The molecule has 0 aromatic rings. The summed E-state index contributed by atoms with van der Waals surface area (Å²) in [7, 11) is -3.03. The summed E-state index contributed by atoms with van der Waals surface area (Å²) >= 11 is 0. The van der Waals surface area contributed by atoms with Crippen molar-refractivity contribution in [3.8, 4) is 0 Å². The lowest BCUT2D eigenvalue weighted by molar-refractivity contribution is -0.136. The van der Waals surface area contributed by atoms with E-state index in [1.165, 1.54) is 6.26 Å². The quantitative estimate of drug-likeness (QED) is 0.680. The van der Waals surface area contributed by atoms with Gasteiger partial charge in [0.1, 0.15) is 9.84 Å². The second-order valence-corrected chi connectivity index (χ2v) is 8.18. The van der Waals surface area contributed by atoms with Gasteiger partial charge in [0.05, 0.1) is 12.3 Å². The predicted molar refractivity (Wildman–Crippen MR) is 83.5 cm³/mol. The molecule has 1 unspecified atom stereocenters. The van der Waals surface area contributed by atoms with Gasteiger partial charge in [-0.25, -0.2) is 8.42 Å². The zero-order chi connectivity index (χ0) is 16.1. The molecule has 0 aliphatic carbocycles. The molecule has 0 aliphatic heterocycles. The van der Waals surface area contributed by atoms with Crippen LogP contribution in [0.5, 0.6) is 0 Å². The lowest BCUT2D eigenvalue weighted by atomic mass is 10.2. The van der Waals surface area contributed by atoms with Gasteiger partial charge in [-0.05, 0) is 41.2 Å². The Labute approximate surface area is 124 Å². The SMILES string of the molecule is CCN(CC(=O)N(C(C)C)C(C)C)C(C)CS(C)(=O)=O. The highest BCUT2D eigenvalue weighted by Gasteiger charge is 2.25. The van der Waals surface area contributed by atoms with E-state index in [0.29, 0.717) is 6.54 Å². The second-order valence-electron chi connectivity index (χ2n) is 5.99. The fraction of sp³-hybridized carbons (Fsp3) is 0.929. The van der Waals surface area contributed by atoms with Gasteiger partial charge in [0.2, 0.25) is 5.91 Å². The summed E-state index contributed by atoms with van der Waals surface area (Å²) < 4.78 is 22.8.